The van der Waals surface area contributed by atoms with Crippen LogP contribution in [-0.4, -0.2) is 57.8 Å². The molecule has 1 unspecified atom stereocenters. The minimum Gasteiger partial charge on any atom is -0.480 e. The summed E-state index contributed by atoms with van der Waals surface area (Å²) in [4.78, 5) is 24.5. The Morgan fingerprint density at radius 3 is 2.94 bits per heavy atom. The van der Waals surface area contributed by atoms with Crippen molar-refractivity contribution < 1.29 is 14.7 Å². The second-order valence-corrected chi connectivity index (χ2v) is 3.69. The molecule has 2 rings (SSSR count). The fourth-order valence-corrected chi connectivity index (χ4v) is 1.75. The number of amides is 1. The third-order valence-corrected chi connectivity index (χ3v) is 2.62. The Balaban J connectivity index is 2.20. The van der Waals surface area contributed by atoms with Crippen LogP contribution in [0.15, 0.2) is 18.5 Å². The molecule has 1 fully saturated rings. The summed E-state index contributed by atoms with van der Waals surface area (Å²) in [6.07, 6.45) is 2.74. The number of piperazine rings is 1. The highest BCUT2D eigenvalue weighted by Crippen LogP contribution is 2.09. The zero-order valence-electron chi connectivity index (χ0n) is 9.04. The Hall–Kier alpha value is -2.02. The van der Waals surface area contributed by atoms with Crippen molar-refractivity contribution in [3.63, 3.8) is 0 Å². The van der Waals surface area contributed by atoms with Gasteiger partial charge in [-0.15, -0.1) is 0 Å². The Morgan fingerprint density at radius 2 is 2.29 bits per heavy atom. The number of aromatic nitrogens is 2. The van der Waals surface area contributed by atoms with Crippen LogP contribution < -0.4 is 5.32 Å². The Bertz CT molecular complexity index is 423. The highest BCUT2D eigenvalue weighted by Gasteiger charge is 2.32. The Kier molecular flexibility index (Phi) is 3.29. The number of hydrogen-bond acceptors (Lipinski definition) is 5. The van der Waals surface area contributed by atoms with Gasteiger partial charge < -0.3 is 15.3 Å². The lowest BCUT2D eigenvalue weighted by Crippen LogP contribution is -2.57. The first-order valence-electron chi connectivity index (χ1n) is 5.21. The number of rotatable bonds is 2. The molecule has 0 spiro atoms. The zero-order valence-corrected chi connectivity index (χ0v) is 9.04. The summed E-state index contributed by atoms with van der Waals surface area (Å²) in [6.45, 7) is 1.23. The van der Waals surface area contributed by atoms with E-state index in [0.717, 1.165) is 0 Å². The molecule has 1 saturated heterocycles. The summed E-state index contributed by atoms with van der Waals surface area (Å²) in [5.74, 6) is -1.33. The molecule has 0 bridgehead atoms. The number of carbonyl (C=O) groups is 2. The van der Waals surface area contributed by atoms with Gasteiger partial charge in [0.1, 0.15) is 6.04 Å². The van der Waals surface area contributed by atoms with E-state index in [1.54, 1.807) is 0 Å². The van der Waals surface area contributed by atoms with Gasteiger partial charge in [0.2, 0.25) is 0 Å². The number of carboxylic acids is 1. The van der Waals surface area contributed by atoms with Crippen molar-refractivity contribution in [2.75, 3.05) is 19.6 Å². The first-order valence-corrected chi connectivity index (χ1v) is 5.21. The third-order valence-electron chi connectivity index (χ3n) is 2.62. The van der Waals surface area contributed by atoms with Crippen LogP contribution in [0.1, 0.15) is 10.4 Å². The number of aliphatic carboxylic acids is 1. The van der Waals surface area contributed by atoms with E-state index in [1.807, 2.05) is 0 Å². The van der Waals surface area contributed by atoms with Crippen LogP contribution in [0.25, 0.3) is 0 Å². The van der Waals surface area contributed by atoms with Gasteiger partial charge in [-0.05, 0) is 6.07 Å². The van der Waals surface area contributed by atoms with Gasteiger partial charge in [0.25, 0.3) is 5.91 Å². The quantitative estimate of drug-likeness (QED) is 0.682. The number of nitrogens with zero attached hydrogens (tertiary/aromatic N) is 3. The molecule has 7 nitrogen and oxygen atoms in total. The lowest BCUT2D eigenvalue weighted by atomic mass is 10.1. The summed E-state index contributed by atoms with van der Waals surface area (Å²) >= 11 is 0. The van der Waals surface area contributed by atoms with Crippen LogP contribution >= 0.6 is 0 Å². The molecule has 1 aromatic heterocycles. The molecule has 7 heteroatoms. The maximum absolute atomic E-state index is 12.1. The maximum atomic E-state index is 12.1. The van der Waals surface area contributed by atoms with Gasteiger partial charge >= 0.3 is 5.97 Å². The second-order valence-electron chi connectivity index (χ2n) is 3.69. The highest BCUT2D eigenvalue weighted by atomic mass is 16.4. The fraction of sp³-hybridized carbons (Fsp3) is 0.400. The predicted molar refractivity (Wildman–Crippen MR) is 57.4 cm³/mol. The van der Waals surface area contributed by atoms with Gasteiger partial charge in [0, 0.05) is 19.6 Å². The highest BCUT2D eigenvalue weighted by molar-refractivity contribution is 5.96. The molecule has 1 atom stereocenters. The molecule has 0 radical (unpaired) electrons. The van der Waals surface area contributed by atoms with E-state index >= 15 is 0 Å². The first-order chi connectivity index (χ1) is 8.20. The molecular formula is C10H12N4O3. The zero-order chi connectivity index (χ0) is 12.3. The van der Waals surface area contributed by atoms with Crippen molar-refractivity contribution in [1.29, 1.82) is 0 Å². The molecule has 17 heavy (non-hydrogen) atoms. The summed E-state index contributed by atoms with van der Waals surface area (Å²) in [7, 11) is 0. The minimum atomic E-state index is -1.01. The van der Waals surface area contributed by atoms with Crippen LogP contribution in [0.5, 0.6) is 0 Å². The fourth-order valence-electron chi connectivity index (χ4n) is 1.75. The van der Waals surface area contributed by atoms with Crippen molar-refractivity contribution in [3.8, 4) is 0 Å². The molecule has 0 aromatic carbocycles. The van der Waals surface area contributed by atoms with E-state index in [0.29, 0.717) is 18.7 Å². The topological polar surface area (TPSA) is 95.4 Å². The lowest BCUT2D eigenvalue weighted by Gasteiger charge is -2.33. The standard InChI is InChI=1S/C10H12N4O3/c15-9(7-1-2-12-13-5-7)14-4-3-11-6-8(14)10(16)17/h1-2,5,8,11H,3-4,6H2,(H,16,17). The maximum Gasteiger partial charge on any atom is 0.327 e. The molecule has 1 aliphatic heterocycles. The summed E-state index contributed by atoms with van der Waals surface area (Å²) in [5.41, 5.74) is 0.355. The van der Waals surface area contributed by atoms with Crippen LogP contribution in [0.3, 0.4) is 0 Å². The smallest absolute Gasteiger partial charge is 0.327 e. The SMILES string of the molecule is O=C(O)C1CNCCN1C(=O)c1ccnnc1. The van der Waals surface area contributed by atoms with Crippen molar-refractivity contribution in [2.24, 2.45) is 0 Å². The summed E-state index contributed by atoms with van der Waals surface area (Å²) < 4.78 is 0. The van der Waals surface area contributed by atoms with Gasteiger partial charge in [-0.2, -0.15) is 10.2 Å². The Morgan fingerprint density at radius 1 is 1.47 bits per heavy atom. The average molecular weight is 236 g/mol. The number of hydrogen-bond donors (Lipinski definition) is 2. The number of carboxylic acid groups (broad SMARTS) is 1. The number of carbonyl (C=O) groups excluding carboxylic acids is 1. The molecule has 90 valence electrons. The Labute approximate surface area is 97.4 Å². The summed E-state index contributed by atoms with van der Waals surface area (Å²) in [5, 5.41) is 19.2. The normalized spacial score (nSPS) is 20.0. The van der Waals surface area contributed by atoms with E-state index in [2.05, 4.69) is 15.5 Å². The lowest BCUT2D eigenvalue weighted by molar-refractivity contribution is -0.142. The largest absolute Gasteiger partial charge is 0.480 e. The minimum absolute atomic E-state index is 0.263. The molecular weight excluding hydrogens is 224 g/mol. The van der Waals surface area contributed by atoms with E-state index in [4.69, 9.17) is 5.11 Å². The molecule has 1 amide bonds. The van der Waals surface area contributed by atoms with E-state index in [9.17, 15) is 9.59 Å². The van der Waals surface area contributed by atoms with Crippen molar-refractivity contribution in [3.05, 3.63) is 24.0 Å². The van der Waals surface area contributed by atoms with Gasteiger partial charge in [-0.25, -0.2) is 4.79 Å². The molecule has 2 heterocycles. The molecule has 2 N–H and O–H groups in total. The molecule has 1 aromatic rings. The molecule has 0 aliphatic carbocycles. The van der Waals surface area contributed by atoms with Crippen LogP contribution in [-0.2, 0) is 4.79 Å². The van der Waals surface area contributed by atoms with Gasteiger partial charge in [0.15, 0.2) is 0 Å². The van der Waals surface area contributed by atoms with E-state index in [1.165, 1.54) is 23.4 Å². The summed E-state index contributed by atoms with van der Waals surface area (Å²) in [6, 6.07) is 0.695. The average Bonchev–Trinajstić information content (AvgIpc) is 2.39. The van der Waals surface area contributed by atoms with Crippen molar-refractivity contribution >= 4 is 11.9 Å². The number of nitrogens with one attached hydrogen (secondary N) is 1. The van der Waals surface area contributed by atoms with E-state index < -0.39 is 12.0 Å². The van der Waals surface area contributed by atoms with Crippen LogP contribution in [0, 0.1) is 0 Å². The van der Waals surface area contributed by atoms with Crippen molar-refractivity contribution in [2.45, 2.75) is 6.04 Å². The third kappa shape index (κ3) is 2.39. The van der Waals surface area contributed by atoms with Crippen LogP contribution in [0.2, 0.25) is 0 Å². The van der Waals surface area contributed by atoms with Gasteiger partial charge in [-0.3, -0.25) is 4.79 Å². The van der Waals surface area contributed by atoms with Gasteiger partial charge in [0.05, 0.1) is 18.0 Å². The monoisotopic (exact) mass is 236 g/mol. The van der Waals surface area contributed by atoms with Crippen molar-refractivity contribution in [1.82, 2.24) is 20.4 Å². The molecule has 1 aliphatic rings. The molecule has 0 saturated carbocycles. The second kappa shape index (κ2) is 4.88. The predicted octanol–water partition coefficient (Wildman–Crippen LogP) is -1.02. The van der Waals surface area contributed by atoms with Gasteiger partial charge in [-0.1, -0.05) is 0 Å². The van der Waals surface area contributed by atoms with E-state index in [-0.39, 0.29) is 12.5 Å². The van der Waals surface area contributed by atoms with Crippen LogP contribution in [0.4, 0.5) is 0 Å². The first kappa shape index (κ1) is 11.5.